The lowest BCUT2D eigenvalue weighted by Crippen LogP contribution is -2.46. The first-order valence-electron chi connectivity index (χ1n) is 6.26. The average Bonchev–Trinajstić information content (AvgIpc) is 2.42. The van der Waals surface area contributed by atoms with Crippen LogP contribution in [-0.4, -0.2) is 34.0 Å². The summed E-state index contributed by atoms with van der Waals surface area (Å²) in [5.41, 5.74) is 2.47. The minimum absolute atomic E-state index is 0. The van der Waals surface area contributed by atoms with E-state index in [0.717, 1.165) is 42.9 Å². The topological polar surface area (TPSA) is 56.1 Å². The van der Waals surface area contributed by atoms with Crippen molar-refractivity contribution in [2.75, 3.05) is 13.1 Å². The number of hydrogen-bond acceptors (Lipinski definition) is 4. The van der Waals surface area contributed by atoms with Crippen LogP contribution in [0.25, 0.3) is 6.08 Å². The molecule has 0 amide bonds. The Morgan fingerprint density at radius 3 is 2.53 bits per heavy atom. The maximum atomic E-state index is 9.80. The van der Waals surface area contributed by atoms with Gasteiger partial charge in [0.2, 0.25) is 0 Å². The summed E-state index contributed by atoms with van der Waals surface area (Å²) in [7, 11) is 0. The smallest absolute Gasteiger partial charge is 0.122 e. The normalized spacial score (nSPS) is 22.8. The summed E-state index contributed by atoms with van der Waals surface area (Å²) < 4.78 is 0. The van der Waals surface area contributed by atoms with Gasteiger partial charge in [-0.25, -0.2) is 0 Å². The molecular formula is C14H17ClN2O2. The van der Waals surface area contributed by atoms with E-state index in [1.807, 2.05) is 18.2 Å². The number of halogens is 1. The van der Waals surface area contributed by atoms with Gasteiger partial charge in [0.05, 0.1) is 5.70 Å². The fourth-order valence-electron chi connectivity index (χ4n) is 2.82. The molecule has 0 unspecified atom stereocenters. The van der Waals surface area contributed by atoms with E-state index in [0.29, 0.717) is 5.92 Å². The number of oxime groups is 1. The molecule has 2 bridgehead atoms. The Balaban J connectivity index is 0.00000133. The molecule has 3 heterocycles. The summed E-state index contributed by atoms with van der Waals surface area (Å²) in [6.07, 6.45) is 4.02. The summed E-state index contributed by atoms with van der Waals surface area (Å²) in [6, 6.07) is 7.21. The molecule has 1 aromatic carbocycles. The van der Waals surface area contributed by atoms with E-state index in [1.54, 1.807) is 12.1 Å². The number of benzene rings is 1. The standard InChI is InChI=1S/C14H16N2O2.ClH/c17-13-4-2-1-3-11(13)9-12-14(15-18)10-5-7-16(12)8-6-10;/h1-4,9-10,17-18H,5-8H2;1H/b12-9+,15-14+;. The van der Waals surface area contributed by atoms with Crippen molar-refractivity contribution in [2.45, 2.75) is 12.8 Å². The molecule has 0 spiro atoms. The summed E-state index contributed by atoms with van der Waals surface area (Å²) in [5, 5.41) is 22.5. The van der Waals surface area contributed by atoms with Crippen LogP contribution in [0.3, 0.4) is 0 Å². The van der Waals surface area contributed by atoms with Gasteiger partial charge in [0, 0.05) is 24.6 Å². The first kappa shape index (κ1) is 13.7. The van der Waals surface area contributed by atoms with Crippen LogP contribution < -0.4 is 0 Å². The maximum absolute atomic E-state index is 9.80. The Morgan fingerprint density at radius 2 is 1.89 bits per heavy atom. The summed E-state index contributed by atoms with van der Waals surface area (Å²) in [6.45, 7) is 2.01. The highest BCUT2D eigenvalue weighted by Gasteiger charge is 2.35. The van der Waals surface area contributed by atoms with Gasteiger partial charge in [0.1, 0.15) is 11.5 Å². The van der Waals surface area contributed by atoms with Gasteiger partial charge in [0.25, 0.3) is 0 Å². The molecule has 3 aliphatic rings. The second kappa shape index (κ2) is 5.53. The van der Waals surface area contributed by atoms with Crippen LogP contribution in [0.5, 0.6) is 5.75 Å². The molecule has 0 atom stereocenters. The Kier molecular flexibility index (Phi) is 4.00. The van der Waals surface area contributed by atoms with E-state index < -0.39 is 0 Å². The molecule has 4 nitrogen and oxygen atoms in total. The monoisotopic (exact) mass is 280 g/mol. The Bertz CT molecular complexity index is 520. The molecule has 0 aromatic heterocycles. The number of piperidine rings is 3. The molecule has 102 valence electrons. The minimum atomic E-state index is 0. The molecule has 5 heteroatoms. The zero-order valence-electron chi connectivity index (χ0n) is 10.5. The van der Waals surface area contributed by atoms with Crippen molar-refractivity contribution in [3.8, 4) is 5.75 Å². The molecule has 2 N–H and O–H groups in total. The molecule has 4 rings (SSSR count). The highest BCUT2D eigenvalue weighted by molar-refractivity contribution is 6.05. The predicted octanol–water partition coefficient (Wildman–Crippen LogP) is 2.71. The molecule has 0 saturated carbocycles. The highest BCUT2D eigenvalue weighted by atomic mass is 35.5. The fraction of sp³-hybridized carbons (Fsp3) is 0.357. The van der Waals surface area contributed by atoms with Gasteiger partial charge in [0.15, 0.2) is 0 Å². The van der Waals surface area contributed by atoms with E-state index in [-0.39, 0.29) is 18.2 Å². The number of phenolic OH excluding ortho intramolecular Hbond substituents is 1. The third-order valence-electron chi connectivity index (χ3n) is 3.82. The van der Waals surface area contributed by atoms with Crippen molar-refractivity contribution in [3.63, 3.8) is 0 Å². The zero-order chi connectivity index (χ0) is 12.5. The van der Waals surface area contributed by atoms with E-state index in [9.17, 15) is 10.3 Å². The van der Waals surface area contributed by atoms with Crippen molar-refractivity contribution in [1.82, 2.24) is 4.90 Å². The number of para-hydroxylation sites is 1. The van der Waals surface area contributed by atoms with E-state index in [4.69, 9.17) is 0 Å². The molecule has 0 aliphatic carbocycles. The molecule has 3 aliphatic heterocycles. The maximum Gasteiger partial charge on any atom is 0.122 e. The zero-order valence-corrected chi connectivity index (χ0v) is 11.3. The SMILES string of the molecule is Cl.O/N=C1/C(=C\c2ccccc2O)N2CCC1CC2. The number of allylic oxidation sites excluding steroid dienone is 1. The Morgan fingerprint density at radius 1 is 1.21 bits per heavy atom. The molecule has 1 aromatic rings. The van der Waals surface area contributed by atoms with Gasteiger partial charge in [-0.05, 0) is 25.0 Å². The second-order valence-corrected chi connectivity index (χ2v) is 4.83. The Hall–Kier alpha value is -1.68. The van der Waals surface area contributed by atoms with Crippen LogP contribution in [0, 0.1) is 5.92 Å². The van der Waals surface area contributed by atoms with Gasteiger partial charge in [-0.15, -0.1) is 12.4 Å². The second-order valence-electron chi connectivity index (χ2n) is 4.83. The number of hydrogen-bond donors (Lipinski definition) is 2. The number of rotatable bonds is 1. The number of fused-ring (bicyclic) bond motifs is 3. The van der Waals surface area contributed by atoms with E-state index >= 15 is 0 Å². The quantitative estimate of drug-likeness (QED) is 0.614. The summed E-state index contributed by atoms with van der Waals surface area (Å²) in [4.78, 5) is 2.22. The fourth-order valence-corrected chi connectivity index (χ4v) is 2.82. The number of phenols is 1. The third-order valence-corrected chi connectivity index (χ3v) is 3.82. The predicted molar refractivity (Wildman–Crippen MR) is 76.9 cm³/mol. The third kappa shape index (κ3) is 2.40. The van der Waals surface area contributed by atoms with Crippen molar-refractivity contribution in [1.29, 1.82) is 0 Å². The lowest BCUT2D eigenvalue weighted by atomic mass is 9.83. The van der Waals surface area contributed by atoms with Crippen LogP contribution in [-0.2, 0) is 0 Å². The molecular weight excluding hydrogens is 264 g/mol. The van der Waals surface area contributed by atoms with E-state index in [2.05, 4.69) is 10.1 Å². The van der Waals surface area contributed by atoms with Crippen LogP contribution in [0.4, 0.5) is 0 Å². The van der Waals surface area contributed by atoms with Gasteiger partial charge >= 0.3 is 0 Å². The molecule has 19 heavy (non-hydrogen) atoms. The molecule has 3 saturated heterocycles. The van der Waals surface area contributed by atoms with Gasteiger partial charge < -0.3 is 15.2 Å². The average molecular weight is 281 g/mol. The van der Waals surface area contributed by atoms with Gasteiger partial charge in [-0.2, -0.15) is 0 Å². The van der Waals surface area contributed by atoms with Crippen LogP contribution in [0.15, 0.2) is 35.1 Å². The summed E-state index contributed by atoms with van der Waals surface area (Å²) >= 11 is 0. The first-order chi connectivity index (χ1) is 8.79. The van der Waals surface area contributed by atoms with Crippen LogP contribution in [0.2, 0.25) is 0 Å². The Labute approximate surface area is 118 Å². The lowest BCUT2D eigenvalue weighted by Gasteiger charge is -2.42. The first-order valence-corrected chi connectivity index (χ1v) is 6.26. The van der Waals surface area contributed by atoms with Gasteiger partial charge in [-0.1, -0.05) is 23.4 Å². The van der Waals surface area contributed by atoms with Crippen molar-refractivity contribution in [2.24, 2.45) is 11.1 Å². The van der Waals surface area contributed by atoms with Crippen LogP contribution in [0.1, 0.15) is 18.4 Å². The minimum Gasteiger partial charge on any atom is -0.507 e. The molecule has 0 radical (unpaired) electrons. The summed E-state index contributed by atoms with van der Waals surface area (Å²) in [5.74, 6) is 0.613. The number of nitrogens with zero attached hydrogens (tertiary/aromatic N) is 2. The number of aromatic hydroxyl groups is 1. The molecule has 3 fully saturated rings. The largest absolute Gasteiger partial charge is 0.507 e. The van der Waals surface area contributed by atoms with Gasteiger partial charge in [-0.3, -0.25) is 0 Å². The van der Waals surface area contributed by atoms with E-state index in [1.165, 1.54) is 0 Å². The van der Waals surface area contributed by atoms with Crippen molar-refractivity contribution in [3.05, 3.63) is 35.5 Å². The van der Waals surface area contributed by atoms with Crippen molar-refractivity contribution >= 4 is 24.2 Å². The lowest BCUT2D eigenvalue weighted by molar-refractivity contribution is 0.229. The van der Waals surface area contributed by atoms with Crippen LogP contribution >= 0.6 is 12.4 Å². The van der Waals surface area contributed by atoms with Crippen molar-refractivity contribution < 1.29 is 10.3 Å². The highest BCUT2D eigenvalue weighted by Crippen LogP contribution is 2.34.